The highest BCUT2D eigenvalue weighted by Crippen LogP contribution is 2.37. The van der Waals surface area contributed by atoms with Gasteiger partial charge in [0.05, 0.1) is 0 Å². The summed E-state index contributed by atoms with van der Waals surface area (Å²) in [6.45, 7) is 1.66. The topological polar surface area (TPSA) is 43.1 Å². The largest absolute Gasteiger partial charge is 0.324 e. The van der Waals surface area contributed by atoms with Gasteiger partial charge >= 0.3 is 0 Å². The Labute approximate surface area is 134 Å². The normalized spacial score (nSPS) is 21.0. The third-order valence-corrected chi connectivity index (χ3v) is 4.78. The molecule has 23 heavy (non-hydrogen) atoms. The van der Waals surface area contributed by atoms with E-state index in [0.717, 1.165) is 18.1 Å². The van der Waals surface area contributed by atoms with Gasteiger partial charge in [-0.25, -0.2) is 8.78 Å². The summed E-state index contributed by atoms with van der Waals surface area (Å²) in [7, 11) is 0. The molecular weight excluding hydrogens is 296 g/mol. The first-order valence-electron chi connectivity index (χ1n) is 7.78. The van der Waals surface area contributed by atoms with Crippen LogP contribution in [0, 0.1) is 17.6 Å². The van der Waals surface area contributed by atoms with Crippen molar-refractivity contribution >= 4 is 5.78 Å². The summed E-state index contributed by atoms with van der Waals surface area (Å²) in [4.78, 5) is 12.5. The van der Waals surface area contributed by atoms with Crippen LogP contribution in [-0.4, -0.2) is 5.78 Å². The van der Waals surface area contributed by atoms with Crippen LogP contribution in [0.15, 0.2) is 42.5 Å². The van der Waals surface area contributed by atoms with E-state index in [1.807, 2.05) is 24.3 Å². The Morgan fingerprint density at radius 1 is 1.26 bits per heavy atom. The second kappa shape index (κ2) is 6.20. The summed E-state index contributed by atoms with van der Waals surface area (Å²) in [6, 6.07) is 11.1. The molecular formula is C19H19F2NO. The van der Waals surface area contributed by atoms with E-state index in [4.69, 9.17) is 5.73 Å². The van der Waals surface area contributed by atoms with Crippen LogP contribution in [-0.2, 0) is 11.2 Å². The van der Waals surface area contributed by atoms with E-state index in [2.05, 4.69) is 0 Å². The van der Waals surface area contributed by atoms with E-state index in [-0.39, 0.29) is 23.3 Å². The standard InChI is InChI=1S/C19H19F2NO/c1-11(15-7-6-14(20)10-17(15)21)18(23)9-13-8-12-4-2-3-5-16(12)19(13)22/h2-7,10-11,13,19H,8-9,22H2,1H3/t11-,13-,19-/m0/s1. The molecule has 0 amide bonds. The number of halogens is 2. The minimum atomic E-state index is -0.676. The lowest BCUT2D eigenvalue weighted by atomic mass is 9.87. The van der Waals surface area contributed by atoms with Crippen molar-refractivity contribution in [1.82, 2.24) is 0 Å². The molecule has 0 radical (unpaired) electrons. The molecule has 0 aromatic heterocycles. The molecule has 0 saturated heterocycles. The lowest BCUT2D eigenvalue weighted by Crippen LogP contribution is -2.22. The third kappa shape index (κ3) is 3.04. The molecule has 120 valence electrons. The van der Waals surface area contributed by atoms with Crippen molar-refractivity contribution in [2.45, 2.75) is 31.7 Å². The summed E-state index contributed by atoms with van der Waals surface area (Å²) < 4.78 is 26.9. The van der Waals surface area contributed by atoms with Crippen LogP contribution >= 0.6 is 0 Å². The van der Waals surface area contributed by atoms with E-state index >= 15 is 0 Å². The molecule has 3 rings (SSSR count). The van der Waals surface area contributed by atoms with Crippen molar-refractivity contribution < 1.29 is 13.6 Å². The Bertz CT molecular complexity index is 744. The third-order valence-electron chi connectivity index (χ3n) is 4.78. The molecule has 4 heteroatoms. The number of carbonyl (C=O) groups is 1. The smallest absolute Gasteiger partial charge is 0.140 e. The van der Waals surface area contributed by atoms with Crippen LogP contribution in [0.5, 0.6) is 0 Å². The number of nitrogens with two attached hydrogens (primary N) is 1. The maximum atomic E-state index is 13.8. The first-order chi connectivity index (χ1) is 11.0. The summed E-state index contributed by atoms with van der Waals surface area (Å²) >= 11 is 0. The van der Waals surface area contributed by atoms with Gasteiger partial charge in [-0.3, -0.25) is 4.79 Å². The number of hydrogen-bond acceptors (Lipinski definition) is 2. The summed E-state index contributed by atoms with van der Waals surface area (Å²) in [5.41, 5.74) is 8.76. The molecule has 0 bridgehead atoms. The van der Waals surface area contributed by atoms with E-state index in [1.54, 1.807) is 6.92 Å². The van der Waals surface area contributed by atoms with Gasteiger partial charge in [0, 0.05) is 24.4 Å². The minimum absolute atomic E-state index is 0.0332. The van der Waals surface area contributed by atoms with Crippen molar-refractivity contribution in [3.63, 3.8) is 0 Å². The fourth-order valence-corrected chi connectivity index (χ4v) is 3.37. The molecule has 2 nitrogen and oxygen atoms in total. The zero-order valence-electron chi connectivity index (χ0n) is 12.9. The van der Waals surface area contributed by atoms with Crippen LogP contribution in [0.3, 0.4) is 0 Å². The van der Waals surface area contributed by atoms with Crippen LogP contribution in [0.1, 0.15) is 42.0 Å². The van der Waals surface area contributed by atoms with Gasteiger partial charge < -0.3 is 5.73 Å². The molecule has 0 fully saturated rings. The van der Waals surface area contributed by atoms with Gasteiger partial charge in [0.2, 0.25) is 0 Å². The van der Waals surface area contributed by atoms with E-state index in [9.17, 15) is 13.6 Å². The predicted octanol–water partition coefficient (Wildman–Crippen LogP) is 3.90. The van der Waals surface area contributed by atoms with E-state index in [0.29, 0.717) is 6.42 Å². The highest BCUT2D eigenvalue weighted by Gasteiger charge is 2.32. The van der Waals surface area contributed by atoms with Crippen molar-refractivity contribution in [2.75, 3.05) is 0 Å². The number of fused-ring (bicyclic) bond motifs is 1. The second-order valence-corrected chi connectivity index (χ2v) is 6.25. The van der Waals surface area contributed by atoms with E-state index < -0.39 is 17.6 Å². The first kappa shape index (κ1) is 15.8. The van der Waals surface area contributed by atoms with Gasteiger partial charge in [-0.1, -0.05) is 37.3 Å². The van der Waals surface area contributed by atoms with Gasteiger partial charge in [-0.05, 0) is 35.1 Å². The SMILES string of the molecule is C[C@H](C(=O)C[C@@H]1Cc2ccccc2[C@H]1N)c1ccc(F)cc1F. The van der Waals surface area contributed by atoms with Crippen LogP contribution in [0.4, 0.5) is 8.78 Å². The summed E-state index contributed by atoms with van der Waals surface area (Å²) in [5, 5.41) is 0. The molecule has 2 aromatic rings. The molecule has 1 aliphatic rings. The zero-order chi connectivity index (χ0) is 16.6. The van der Waals surface area contributed by atoms with E-state index in [1.165, 1.54) is 17.7 Å². The van der Waals surface area contributed by atoms with Gasteiger partial charge in [-0.2, -0.15) is 0 Å². The number of Topliss-reactive ketones (excluding diaryl/α,β-unsaturated/α-hetero) is 1. The minimum Gasteiger partial charge on any atom is -0.324 e. The fraction of sp³-hybridized carbons (Fsp3) is 0.316. The average molecular weight is 315 g/mol. The van der Waals surface area contributed by atoms with Gasteiger partial charge in [0.15, 0.2) is 0 Å². The molecule has 0 saturated carbocycles. The molecule has 2 aromatic carbocycles. The van der Waals surface area contributed by atoms with Crippen molar-refractivity contribution in [3.05, 3.63) is 70.8 Å². The number of carbonyl (C=O) groups excluding carboxylic acids is 1. The highest BCUT2D eigenvalue weighted by molar-refractivity contribution is 5.85. The molecule has 1 aliphatic carbocycles. The predicted molar refractivity (Wildman–Crippen MR) is 85.0 cm³/mol. The maximum Gasteiger partial charge on any atom is 0.140 e. The van der Waals surface area contributed by atoms with Crippen molar-refractivity contribution in [1.29, 1.82) is 0 Å². The number of hydrogen-bond donors (Lipinski definition) is 1. The van der Waals surface area contributed by atoms with Crippen molar-refractivity contribution in [3.8, 4) is 0 Å². The maximum absolute atomic E-state index is 13.8. The summed E-state index contributed by atoms with van der Waals surface area (Å²) in [5.74, 6) is -1.95. The summed E-state index contributed by atoms with van der Waals surface area (Å²) in [6.07, 6.45) is 1.07. The molecule has 0 heterocycles. The second-order valence-electron chi connectivity index (χ2n) is 6.25. The van der Waals surface area contributed by atoms with Gasteiger partial charge in [-0.15, -0.1) is 0 Å². The number of ketones is 1. The Hall–Kier alpha value is -2.07. The monoisotopic (exact) mass is 315 g/mol. The zero-order valence-corrected chi connectivity index (χ0v) is 12.9. The first-order valence-corrected chi connectivity index (χ1v) is 7.78. The lowest BCUT2D eigenvalue weighted by Gasteiger charge is -2.18. The Morgan fingerprint density at radius 3 is 2.70 bits per heavy atom. The Balaban J connectivity index is 1.73. The van der Waals surface area contributed by atoms with Crippen LogP contribution < -0.4 is 5.73 Å². The lowest BCUT2D eigenvalue weighted by molar-refractivity contribution is -0.121. The van der Waals surface area contributed by atoms with Crippen molar-refractivity contribution in [2.24, 2.45) is 11.7 Å². The fourth-order valence-electron chi connectivity index (χ4n) is 3.37. The number of benzene rings is 2. The Kier molecular flexibility index (Phi) is 4.26. The number of rotatable bonds is 4. The average Bonchev–Trinajstić information content (AvgIpc) is 2.83. The molecule has 0 spiro atoms. The van der Waals surface area contributed by atoms with Gasteiger partial charge in [0.1, 0.15) is 17.4 Å². The molecule has 3 atom stereocenters. The molecule has 2 N–H and O–H groups in total. The van der Waals surface area contributed by atoms with Crippen LogP contribution in [0.25, 0.3) is 0 Å². The quantitative estimate of drug-likeness (QED) is 0.930. The van der Waals surface area contributed by atoms with Gasteiger partial charge in [0.25, 0.3) is 0 Å². The molecule has 0 unspecified atom stereocenters. The van der Waals surface area contributed by atoms with Crippen LogP contribution in [0.2, 0.25) is 0 Å². The molecule has 0 aliphatic heterocycles. The highest BCUT2D eigenvalue weighted by atomic mass is 19.1. The Morgan fingerprint density at radius 2 is 2.00 bits per heavy atom.